The van der Waals surface area contributed by atoms with Crippen LogP contribution in [0.3, 0.4) is 0 Å². The van der Waals surface area contributed by atoms with E-state index in [-0.39, 0.29) is 0 Å². The third kappa shape index (κ3) is 10.1. The van der Waals surface area contributed by atoms with Gasteiger partial charge in [-0.1, -0.05) is 6.07 Å². The monoisotopic (exact) mass is 570 g/mol. The number of aliphatic carboxylic acids is 2. The van der Waals surface area contributed by atoms with E-state index in [2.05, 4.69) is 21.4 Å². The highest BCUT2D eigenvalue weighted by Gasteiger charge is 2.39. The summed E-state index contributed by atoms with van der Waals surface area (Å²) in [5, 5.41) is 14.2. The van der Waals surface area contributed by atoms with Gasteiger partial charge in [0.1, 0.15) is 5.82 Å². The van der Waals surface area contributed by atoms with Crippen LogP contribution in [-0.4, -0.2) is 79.7 Å². The fourth-order valence-corrected chi connectivity index (χ4v) is 3.95. The molecular formula is C23H28F6N4O6. The predicted octanol–water partition coefficient (Wildman–Crippen LogP) is 3.82. The maximum absolute atomic E-state index is 10.6. The molecule has 0 radical (unpaired) electrons. The van der Waals surface area contributed by atoms with Gasteiger partial charge in [-0.3, -0.25) is 9.88 Å². The number of carbonyl (C=O) groups is 2. The molecule has 2 aliphatic heterocycles. The summed E-state index contributed by atoms with van der Waals surface area (Å²) >= 11 is 0. The first-order valence-corrected chi connectivity index (χ1v) is 11.7. The van der Waals surface area contributed by atoms with Crippen LogP contribution in [0.25, 0.3) is 0 Å². The molecular weight excluding hydrogens is 542 g/mol. The van der Waals surface area contributed by atoms with Crippen molar-refractivity contribution >= 4 is 11.9 Å². The summed E-state index contributed by atoms with van der Waals surface area (Å²) in [6, 6.07) is 6.86. The van der Waals surface area contributed by atoms with Crippen molar-refractivity contribution in [1.82, 2.24) is 19.4 Å². The van der Waals surface area contributed by atoms with Crippen LogP contribution in [-0.2, 0) is 38.8 Å². The molecule has 2 aromatic rings. The molecule has 10 nitrogen and oxygen atoms in total. The van der Waals surface area contributed by atoms with Crippen molar-refractivity contribution in [3.63, 3.8) is 0 Å². The molecule has 0 amide bonds. The maximum Gasteiger partial charge on any atom is 0.490 e. The van der Waals surface area contributed by atoms with E-state index in [1.807, 2.05) is 24.4 Å². The Morgan fingerprint density at radius 1 is 1.00 bits per heavy atom. The van der Waals surface area contributed by atoms with Crippen molar-refractivity contribution in [2.45, 2.75) is 64.0 Å². The van der Waals surface area contributed by atoms with Crippen LogP contribution < -0.4 is 0 Å². The van der Waals surface area contributed by atoms with Gasteiger partial charge in [0.05, 0.1) is 36.8 Å². The molecule has 39 heavy (non-hydrogen) atoms. The molecule has 0 aliphatic carbocycles. The average Bonchev–Trinajstić information content (AvgIpc) is 3.29. The molecule has 4 heterocycles. The summed E-state index contributed by atoms with van der Waals surface area (Å²) in [5.74, 6) is -4.35. The first-order valence-electron chi connectivity index (χ1n) is 11.7. The number of carboxylic acid groups (broad SMARTS) is 2. The zero-order valence-corrected chi connectivity index (χ0v) is 20.8. The molecule has 0 bridgehead atoms. The number of ether oxygens (including phenoxy) is 2. The number of pyridine rings is 1. The lowest BCUT2D eigenvalue weighted by Crippen LogP contribution is -2.46. The van der Waals surface area contributed by atoms with Gasteiger partial charge in [-0.25, -0.2) is 14.6 Å². The minimum absolute atomic E-state index is 0.349. The lowest BCUT2D eigenvalue weighted by Gasteiger charge is -2.41. The Morgan fingerprint density at radius 3 is 2.10 bits per heavy atom. The van der Waals surface area contributed by atoms with E-state index in [0.29, 0.717) is 25.3 Å². The molecule has 0 spiro atoms. The number of carboxylic acids is 2. The van der Waals surface area contributed by atoms with Gasteiger partial charge >= 0.3 is 24.3 Å². The average molecular weight is 570 g/mol. The van der Waals surface area contributed by atoms with Crippen molar-refractivity contribution in [1.29, 1.82) is 0 Å². The number of alkyl halides is 6. The quantitative estimate of drug-likeness (QED) is 0.516. The maximum atomic E-state index is 10.6. The molecule has 0 saturated carbocycles. The van der Waals surface area contributed by atoms with Gasteiger partial charge in [0.2, 0.25) is 0 Å². The molecule has 2 aromatic heterocycles. The molecule has 218 valence electrons. The van der Waals surface area contributed by atoms with Gasteiger partial charge in [0.15, 0.2) is 0 Å². The van der Waals surface area contributed by atoms with Crippen LogP contribution in [0.4, 0.5) is 26.3 Å². The van der Waals surface area contributed by atoms with Gasteiger partial charge in [-0.2, -0.15) is 26.3 Å². The lowest BCUT2D eigenvalue weighted by molar-refractivity contribution is -0.193. The smallest absolute Gasteiger partial charge is 0.475 e. The van der Waals surface area contributed by atoms with Crippen LogP contribution >= 0.6 is 0 Å². The van der Waals surface area contributed by atoms with Crippen molar-refractivity contribution in [3.05, 3.63) is 47.8 Å². The molecule has 1 atom stereocenters. The summed E-state index contributed by atoms with van der Waals surface area (Å²) < 4.78 is 77.2. The normalized spacial score (nSPS) is 18.2. The zero-order valence-electron chi connectivity index (χ0n) is 20.8. The fourth-order valence-electron chi connectivity index (χ4n) is 3.95. The van der Waals surface area contributed by atoms with Gasteiger partial charge in [0.25, 0.3) is 0 Å². The van der Waals surface area contributed by atoms with Crippen LogP contribution in [0.15, 0.2) is 30.6 Å². The zero-order chi connectivity index (χ0) is 29.2. The Labute approximate surface area is 219 Å². The number of halogens is 6. The van der Waals surface area contributed by atoms with Crippen molar-refractivity contribution in [2.24, 2.45) is 0 Å². The number of fused-ring (bicyclic) bond motifs is 1. The third-order valence-corrected chi connectivity index (χ3v) is 5.79. The first-order chi connectivity index (χ1) is 18.2. The highest BCUT2D eigenvalue weighted by atomic mass is 19.4. The number of imidazole rings is 1. The van der Waals surface area contributed by atoms with Crippen LogP contribution in [0.1, 0.15) is 43.0 Å². The minimum atomic E-state index is -5.08. The van der Waals surface area contributed by atoms with Gasteiger partial charge in [-0.15, -0.1) is 0 Å². The van der Waals surface area contributed by atoms with Crippen LogP contribution in [0, 0.1) is 0 Å². The topological polar surface area (TPSA) is 127 Å². The Hall–Kier alpha value is -3.24. The standard InChI is InChI=1S/C19H26N4O2.2C2HF3O2/c1-15-19-21-12-18(14-25-13-16-4-2-3-7-20-16)23(19)9-8-22(15)17-5-10-24-11-6-17;2*3-2(4,5)1(6)7/h2-4,7,12,15,17H,5-6,8-11,13-14H2,1H3;2*(H,6,7). The molecule has 2 aliphatic rings. The molecule has 0 aromatic carbocycles. The second kappa shape index (κ2) is 14.2. The molecule has 1 saturated heterocycles. The van der Waals surface area contributed by atoms with Crippen LogP contribution in [0.5, 0.6) is 0 Å². The van der Waals surface area contributed by atoms with E-state index in [0.717, 1.165) is 56.4 Å². The second-order valence-electron chi connectivity index (χ2n) is 8.44. The second-order valence-corrected chi connectivity index (χ2v) is 8.44. The number of hydrogen-bond acceptors (Lipinski definition) is 7. The van der Waals surface area contributed by atoms with Gasteiger partial charge in [0, 0.05) is 38.5 Å². The van der Waals surface area contributed by atoms with E-state index in [9.17, 15) is 26.3 Å². The Bertz CT molecular complexity index is 1030. The Kier molecular flexibility index (Phi) is 11.7. The predicted molar refractivity (Wildman–Crippen MR) is 121 cm³/mol. The molecule has 4 rings (SSSR count). The summed E-state index contributed by atoms with van der Waals surface area (Å²) in [4.78, 5) is 29.4. The minimum Gasteiger partial charge on any atom is -0.475 e. The molecule has 2 N–H and O–H groups in total. The largest absolute Gasteiger partial charge is 0.490 e. The lowest BCUT2D eigenvalue weighted by atomic mass is 10.0. The van der Waals surface area contributed by atoms with E-state index >= 15 is 0 Å². The molecule has 1 fully saturated rings. The third-order valence-electron chi connectivity index (χ3n) is 5.79. The summed E-state index contributed by atoms with van der Waals surface area (Å²) in [6.45, 7) is 7.20. The van der Waals surface area contributed by atoms with Gasteiger partial charge < -0.3 is 24.3 Å². The van der Waals surface area contributed by atoms with Crippen molar-refractivity contribution in [3.8, 4) is 0 Å². The van der Waals surface area contributed by atoms with E-state index < -0.39 is 24.3 Å². The first kappa shape index (κ1) is 32.0. The summed E-state index contributed by atoms with van der Waals surface area (Å²) in [7, 11) is 0. The van der Waals surface area contributed by atoms with Crippen molar-refractivity contribution < 1.29 is 55.6 Å². The number of rotatable bonds is 5. The van der Waals surface area contributed by atoms with Crippen LogP contribution in [0.2, 0.25) is 0 Å². The summed E-state index contributed by atoms with van der Waals surface area (Å²) in [6.07, 6.45) is -4.14. The Morgan fingerprint density at radius 2 is 1.59 bits per heavy atom. The van der Waals surface area contributed by atoms with Gasteiger partial charge in [-0.05, 0) is 31.9 Å². The van der Waals surface area contributed by atoms with E-state index in [4.69, 9.17) is 34.3 Å². The molecule has 1 unspecified atom stereocenters. The van der Waals surface area contributed by atoms with E-state index in [1.54, 1.807) is 6.20 Å². The van der Waals surface area contributed by atoms with E-state index in [1.165, 1.54) is 0 Å². The Balaban J connectivity index is 0.000000317. The SMILES string of the molecule is CC1c2ncc(COCc3ccccn3)n2CCN1C1CCOCC1.O=C(O)C(F)(F)F.O=C(O)C(F)(F)F. The summed E-state index contributed by atoms with van der Waals surface area (Å²) in [5.41, 5.74) is 2.12. The number of hydrogen-bond donors (Lipinski definition) is 2. The number of nitrogens with zero attached hydrogens (tertiary/aromatic N) is 4. The fraction of sp³-hybridized carbons (Fsp3) is 0.565. The number of aromatic nitrogens is 3. The highest BCUT2D eigenvalue weighted by Crippen LogP contribution is 2.30. The molecule has 16 heteroatoms. The highest BCUT2D eigenvalue weighted by molar-refractivity contribution is 5.73. The van der Waals surface area contributed by atoms with Crippen molar-refractivity contribution in [2.75, 3.05) is 19.8 Å².